The lowest BCUT2D eigenvalue weighted by Gasteiger charge is -2.21. The maximum atomic E-state index is 12.8. The van der Waals surface area contributed by atoms with Crippen LogP contribution in [0.3, 0.4) is 0 Å². The van der Waals surface area contributed by atoms with Crippen LogP contribution in [0.25, 0.3) is 0 Å². The van der Waals surface area contributed by atoms with E-state index < -0.39 is 0 Å². The van der Waals surface area contributed by atoms with Crippen LogP contribution in [0, 0.1) is 5.82 Å². The van der Waals surface area contributed by atoms with Gasteiger partial charge >= 0.3 is 0 Å². The number of benzene rings is 1. The van der Waals surface area contributed by atoms with Crippen LogP contribution in [0.4, 0.5) is 10.1 Å². The van der Waals surface area contributed by atoms with Gasteiger partial charge in [0, 0.05) is 18.8 Å². The standard InChI is InChI=1S/C15H23FN2O2/c1-2-3-9-18(10-4-11-19)12-15(20)17-14-7-5-13(16)6-8-14/h5-8,19H,2-4,9-12H2,1H3,(H,17,20). The van der Waals surface area contributed by atoms with Gasteiger partial charge in [-0.2, -0.15) is 0 Å². The number of nitrogens with zero attached hydrogens (tertiary/aromatic N) is 1. The van der Waals surface area contributed by atoms with Gasteiger partial charge in [0.1, 0.15) is 5.82 Å². The number of nitrogens with one attached hydrogen (secondary N) is 1. The number of amides is 1. The summed E-state index contributed by atoms with van der Waals surface area (Å²) in [5.74, 6) is -0.443. The molecule has 0 aliphatic carbocycles. The highest BCUT2D eigenvalue weighted by atomic mass is 19.1. The number of halogens is 1. The number of aliphatic hydroxyl groups is 1. The monoisotopic (exact) mass is 282 g/mol. The predicted molar refractivity (Wildman–Crippen MR) is 78.1 cm³/mol. The molecule has 0 bridgehead atoms. The number of hydrogen-bond acceptors (Lipinski definition) is 3. The van der Waals surface area contributed by atoms with Crippen molar-refractivity contribution in [2.24, 2.45) is 0 Å². The Morgan fingerprint density at radius 2 is 1.90 bits per heavy atom. The number of carbonyl (C=O) groups excluding carboxylic acids is 1. The molecule has 0 radical (unpaired) electrons. The van der Waals surface area contributed by atoms with Crippen LogP contribution in [0.1, 0.15) is 26.2 Å². The molecular formula is C15H23FN2O2. The highest BCUT2D eigenvalue weighted by Gasteiger charge is 2.10. The first-order valence-electron chi connectivity index (χ1n) is 7.04. The largest absolute Gasteiger partial charge is 0.396 e. The second-order valence-corrected chi connectivity index (χ2v) is 4.76. The molecule has 0 aliphatic rings. The molecule has 0 atom stereocenters. The van der Waals surface area contributed by atoms with Crippen molar-refractivity contribution in [1.82, 2.24) is 4.90 Å². The number of carbonyl (C=O) groups is 1. The van der Waals surface area contributed by atoms with E-state index in [2.05, 4.69) is 12.2 Å². The van der Waals surface area contributed by atoms with Gasteiger partial charge in [-0.1, -0.05) is 13.3 Å². The molecule has 0 saturated carbocycles. The van der Waals surface area contributed by atoms with E-state index in [1.165, 1.54) is 24.3 Å². The minimum Gasteiger partial charge on any atom is -0.396 e. The van der Waals surface area contributed by atoms with Gasteiger partial charge in [-0.05, 0) is 43.7 Å². The molecule has 1 aromatic rings. The van der Waals surface area contributed by atoms with Crippen molar-refractivity contribution >= 4 is 11.6 Å². The summed E-state index contributed by atoms with van der Waals surface area (Å²) in [6, 6.07) is 5.71. The van der Waals surface area contributed by atoms with Gasteiger partial charge in [0.2, 0.25) is 5.91 Å². The lowest BCUT2D eigenvalue weighted by Crippen LogP contribution is -2.35. The van der Waals surface area contributed by atoms with E-state index in [-0.39, 0.29) is 24.9 Å². The molecule has 0 spiro atoms. The molecule has 5 heteroatoms. The van der Waals surface area contributed by atoms with Gasteiger partial charge in [0.05, 0.1) is 6.54 Å². The van der Waals surface area contributed by atoms with E-state index in [4.69, 9.17) is 5.11 Å². The van der Waals surface area contributed by atoms with Crippen molar-refractivity contribution in [2.45, 2.75) is 26.2 Å². The molecule has 112 valence electrons. The first kappa shape index (κ1) is 16.6. The molecule has 0 unspecified atom stereocenters. The van der Waals surface area contributed by atoms with E-state index in [1.807, 2.05) is 4.90 Å². The summed E-state index contributed by atoms with van der Waals surface area (Å²) in [5, 5.41) is 11.6. The lowest BCUT2D eigenvalue weighted by molar-refractivity contribution is -0.117. The summed E-state index contributed by atoms with van der Waals surface area (Å²) in [4.78, 5) is 14.0. The number of anilines is 1. The third-order valence-electron chi connectivity index (χ3n) is 2.96. The molecule has 0 heterocycles. The zero-order valence-corrected chi connectivity index (χ0v) is 11.9. The Morgan fingerprint density at radius 3 is 2.50 bits per heavy atom. The molecule has 0 aromatic heterocycles. The van der Waals surface area contributed by atoms with E-state index in [9.17, 15) is 9.18 Å². The Kier molecular flexibility index (Phi) is 7.84. The third-order valence-corrected chi connectivity index (χ3v) is 2.96. The van der Waals surface area contributed by atoms with E-state index in [1.54, 1.807) is 0 Å². The average molecular weight is 282 g/mol. The van der Waals surface area contributed by atoms with Crippen molar-refractivity contribution in [3.63, 3.8) is 0 Å². The smallest absolute Gasteiger partial charge is 0.238 e. The van der Waals surface area contributed by atoms with Crippen LogP contribution in [0.2, 0.25) is 0 Å². The second kappa shape index (κ2) is 9.44. The molecular weight excluding hydrogens is 259 g/mol. The van der Waals surface area contributed by atoms with Gasteiger partial charge in [0.25, 0.3) is 0 Å². The Hall–Kier alpha value is -1.46. The number of hydrogen-bond donors (Lipinski definition) is 2. The summed E-state index contributed by atoms with van der Waals surface area (Å²) in [5.41, 5.74) is 0.592. The summed E-state index contributed by atoms with van der Waals surface area (Å²) in [6.45, 7) is 4.06. The molecule has 4 nitrogen and oxygen atoms in total. The third kappa shape index (κ3) is 6.63. The summed E-state index contributed by atoms with van der Waals surface area (Å²) in [6.07, 6.45) is 2.75. The second-order valence-electron chi connectivity index (χ2n) is 4.76. The van der Waals surface area contributed by atoms with E-state index in [0.29, 0.717) is 18.7 Å². The summed E-state index contributed by atoms with van der Waals surface area (Å²) < 4.78 is 12.8. The Morgan fingerprint density at radius 1 is 1.25 bits per heavy atom. The predicted octanol–water partition coefficient (Wildman–Crippen LogP) is 2.25. The SMILES string of the molecule is CCCCN(CCCO)CC(=O)Nc1ccc(F)cc1. The molecule has 2 N–H and O–H groups in total. The molecule has 1 aromatic carbocycles. The molecule has 20 heavy (non-hydrogen) atoms. The van der Waals surface area contributed by atoms with Crippen molar-refractivity contribution in [3.8, 4) is 0 Å². The van der Waals surface area contributed by atoms with Gasteiger partial charge < -0.3 is 10.4 Å². The van der Waals surface area contributed by atoms with Crippen molar-refractivity contribution < 1.29 is 14.3 Å². The van der Waals surface area contributed by atoms with Crippen LogP contribution < -0.4 is 5.32 Å². The Labute approximate surface area is 119 Å². The Balaban J connectivity index is 2.45. The van der Waals surface area contributed by atoms with Crippen LogP contribution in [0.15, 0.2) is 24.3 Å². The minimum atomic E-state index is -0.324. The number of aliphatic hydroxyl groups excluding tert-OH is 1. The van der Waals surface area contributed by atoms with Gasteiger partial charge in [-0.3, -0.25) is 9.69 Å². The van der Waals surface area contributed by atoms with Crippen molar-refractivity contribution in [1.29, 1.82) is 0 Å². The van der Waals surface area contributed by atoms with E-state index in [0.717, 1.165) is 19.4 Å². The highest BCUT2D eigenvalue weighted by Crippen LogP contribution is 2.08. The zero-order chi connectivity index (χ0) is 14.8. The lowest BCUT2D eigenvalue weighted by atomic mass is 10.2. The summed E-state index contributed by atoms with van der Waals surface area (Å²) >= 11 is 0. The first-order valence-corrected chi connectivity index (χ1v) is 7.04. The molecule has 1 amide bonds. The zero-order valence-electron chi connectivity index (χ0n) is 11.9. The van der Waals surface area contributed by atoms with E-state index >= 15 is 0 Å². The average Bonchev–Trinajstić information content (AvgIpc) is 2.44. The maximum absolute atomic E-state index is 12.8. The normalized spacial score (nSPS) is 10.8. The Bertz CT molecular complexity index is 387. The van der Waals surface area contributed by atoms with Crippen LogP contribution in [0.5, 0.6) is 0 Å². The minimum absolute atomic E-state index is 0.120. The number of rotatable bonds is 9. The first-order chi connectivity index (χ1) is 9.65. The van der Waals surface area contributed by atoms with Crippen LogP contribution in [-0.4, -0.2) is 42.2 Å². The highest BCUT2D eigenvalue weighted by molar-refractivity contribution is 5.92. The fraction of sp³-hybridized carbons (Fsp3) is 0.533. The molecule has 0 fully saturated rings. The van der Waals surface area contributed by atoms with Gasteiger partial charge in [-0.15, -0.1) is 0 Å². The number of unbranched alkanes of at least 4 members (excludes halogenated alkanes) is 1. The molecule has 1 rings (SSSR count). The van der Waals surface area contributed by atoms with Crippen molar-refractivity contribution in [2.75, 3.05) is 31.6 Å². The molecule has 0 saturated heterocycles. The van der Waals surface area contributed by atoms with Crippen molar-refractivity contribution in [3.05, 3.63) is 30.1 Å². The van der Waals surface area contributed by atoms with Crippen LogP contribution in [-0.2, 0) is 4.79 Å². The van der Waals surface area contributed by atoms with Gasteiger partial charge in [-0.25, -0.2) is 4.39 Å². The van der Waals surface area contributed by atoms with Gasteiger partial charge in [0.15, 0.2) is 0 Å². The fourth-order valence-electron chi connectivity index (χ4n) is 1.88. The van der Waals surface area contributed by atoms with Crippen LogP contribution >= 0.6 is 0 Å². The quantitative estimate of drug-likeness (QED) is 0.730. The maximum Gasteiger partial charge on any atom is 0.238 e. The fourth-order valence-corrected chi connectivity index (χ4v) is 1.88. The molecule has 0 aliphatic heterocycles. The topological polar surface area (TPSA) is 52.6 Å². The summed E-state index contributed by atoms with van der Waals surface area (Å²) in [7, 11) is 0.